The molecule has 1 amide bonds. The van der Waals surface area contributed by atoms with E-state index < -0.39 is 0 Å². The number of amides is 1. The third-order valence-electron chi connectivity index (χ3n) is 2.79. The third kappa shape index (κ3) is 4.29. The van der Waals surface area contributed by atoms with E-state index in [1.807, 2.05) is 6.07 Å². The van der Waals surface area contributed by atoms with Gasteiger partial charge in [-0.25, -0.2) is 0 Å². The van der Waals surface area contributed by atoms with Crippen LogP contribution in [0.15, 0.2) is 24.3 Å². The Labute approximate surface area is 112 Å². The maximum absolute atomic E-state index is 11.6. The number of hydrogen-bond donors (Lipinski definition) is 2. The summed E-state index contributed by atoms with van der Waals surface area (Å²) in [6.07, 6.45) is 2.44. The Morgan fingerprint density at radius 1 is 1.50 bits per heavy atom. The molecule has 98 valence electrons. The average molecular weight is 269 g/mol. The van der Waals surface area contributed by atoms with Crippen molar-refractivity contribution in [2.75, 3.05) is 25.0 Å². The van der Waals surface area contributed by atoms with Crippen LogP contribution in [0.25, 0.3) is 0 Å². The molecule has 0 aliphatic carbocycles. The molecule has 1 fully saturated rings. The van der Waals surface area contributed by atoms with E-state index in [2.05, 4.69) is 10.6 Å². The fourth-order valence-corrected chi connectivity index (χ4v) is 2.11. The summed E-state index contributed by atoms with van der Waals surface area (Å²) in [5.41, 5.74) is 0.714. The fraction of sp³-hybridized carbons (Fsp3) is 0.462. The molecule has 1 atom stereocenters. The summed E-state index contributed by atoms with van der Waals surface area (Å²) in [6.45, 7) is 1.84. The summed E-state index contributed by atoms with van der Waals surface area (Å²) in [5.74, 6) is -0.0738. The Bertz CT molecular complexity index is 406. The van der Waals surface area contributed by atoms with Gasteiger partial charge in [-0.3, -0.25) is 4.79 Å². The highest BCUT2D eigenvalue weighted by Crippen LogP contribution is 2.14. The molecule has 5 heteroatoms. The van der Waals surface area contributed by atoms with Gasteiger partial charge in [0.1, 0.15) is 0 Å². The van der Waals surface area contributed by atoms with E-state index in [0.717, 1.165) is 26.0 Å². The van der Waals surface area contributed by atoms with Crippen LogP contribution in [0.3, 0.4) is 0 Å². The van der Waals surface area contributed by atoms with Crippen molar-refractivity contribution in [2.24, 2.45) is 0 Å². The maximum atomic E-state index is 11.6. The van der Waals surface area contributed by atoms with Crippen LogP contribution >= 0.6 is 11.6 Å². The molecule has 1 unspecified atom stereocenters. The summed E-state index contributed by atoms with van der Waals surface area (Å²) in [4.78, 5) is 11.6. The van der Waals surface area contributed by atoms with E-state index >= 15 is 0 Å². The zero-order chi connectivity index (χ0) is 12.8. The third-order valence-corrected chi connectivity index (χ3v) is 3.03. The van der Waals surface area contributed by atoms with Crippen LogP contribution in [0.4, 0.5) is 5.69 Å². The van der Waals surface area contributed by atoms with Crippen molar-refractivity contribution < 1.29 is 9.53 Å². The highest BCUT2D eigenvalue weighted by Gasteiger charge is 2.15. The van der Waals surface area contributed by atoms with Crippen LogP contribution in [0.1, 0.15) is 12.8 Å². The first-order valence-corrected chi connectivity index (χ1v) is 6.49. The normalized spacial score (nSPS) is 18.8. The van der Waals surface area contributed by atoms with E-state index in [4.69, 9.17) is 16.3 Å². The van der Waals surface area contributed by atoms with Crippen molar-refractivity contribution >= 4 is 23.2 Å². The highest BCUT2D eigenvalue weighted by atomic mass is 35.5. The average Bonchev–Trinajstić information content (AvgIpc) is 2.82. The van der Waals surface area contributed by atoms with Gasteiger partial charge in [-0.05, 0) is 31.0 Å². The van der Waals surface area contributed by atoms with Crippen LogP contribution < -0.4 is 10.6 Å². The lowest BCUT2D eigenvalue weighted by Gasteiger charge is -2.10. The minimum Gasteiger partial charge on any atom is -0.377 e. The molecule has 1 saturated heterocycles. The molecule has 0 aromatic heterocycles. The van der Waals surface area contributed by atoms with Gasteiger partial charge in [-0.2, -0.15) is 0 Å². The number of carbonyl (C=O) groups is 1. The molecule has 0 saturated carbocycles. The van der Waals surface area contributed by atoms with Crippen molar-refractivity contribution in [3.8, 4) is 0 Å². The van der Waals surface area contributed by atoms with Gasteiger partial charge >= 0.3 is 0 Å². The summed E-state index contributed by atoms with van der Waals surface area (Å²) < 4.78 is 5.46. The Morgan fingerprint density at radius 2 is 2.39 bits per heavy atom. The van der Waals surface area contributed by atoms with Crippen molar-refractivity contribution in [3.05, 3.63) is 29.3 Å². The second-order valence-corrected chi connectivity index (χ2v) is 4.76. The number of carbonyl (C=O) groups excluding carboxylic acids is 1. The monoisotopic (exact) mass is 268 g/mol. The first-order valence-electron chi connectivity index (χ1n) is 6.12. The summed E-state index contributed by atoms with van der Waals surface area (Å²) in [7, 11) is 0. The summed E-state index contributed by atoms with van der Waals surface area (Å²) >= 11 is 5.84. The van der Waals surface area contributed by atoms with Gasteiger partial charge in [-0.1, -0.05) is 17.7 Å². The maximum Gasteiger partial charge on any atom is 0.238 e. The number of benzene rings is 1. The fourth-order valence-electron chi connectivity index (χ4n) is 1.92. The largest absolute Gasteiger partial charge is 0.377 e. The SMILES string of the molecule is O=C(CNCC1CCCO1)Nc1cccc(Cl)c1. The van der Waals surface area contributed by atoms with Gasteiger partial charge in [0, 0.05) is 23.9 Å². The highest BCUT2D eigenvalue weighted by molar-refractivity contribution is 6.30. The molecular weight excluding hydrogens is 252 g/mol. The first-order chi connectivity index (χ1) is 8.74. The van der Waals surface area contributed by atoms with Crippen LogP contribution in [0.2, 0.25) is 5.02 Å². The van der Waals surface area contributed by atoms with Crippen LogP contribution in [0, 0.1) is 0 Å². The predicted molar refractivity (Wildman–Crippen MR) is 71.9 cm³/mol. The van der Waals surface area contributed by atoms with Gasteiger partial charge in [0.15, 0.2) is 0 Å². The van der Waals surface area contributed by atoms with Crippen molar-refractivity contribution in [1.29, 1.82) is 0 Å². The summed E-state index contributed by atoms with van der Waals surface area (Å²) in [6, 6.07) is 7.11. The zero-order valence-electron chi connectivity index (χ0n) is 10.1. The molecule has 1 aliphatic heterocycles. The number of hydrogen-bond acceptors (Lipinski definition) is 3. The van der Waals surface area contributed by atoms with Crippen molar-refractivity contribution in [2.45, 2.75) is 18.9 Å². The lowest BCUT2D eigenvalue weighted by atomic mass is 10.2. The van der Waals surface area contributed by atoms with Gasteiger partial charge < -0.3 is 15.4 Å². The lowest BCUT2D eigenvalue weighted by molar-refractivity contribution is -0.115. The Hall–Kier alpha value is -1.10. The van der Waals surface area contributed by atoms with Gasteiger partial charge in [0.05, 0.1) is 12.6 Å². The molecule has 0 bridgehead atoms. The molecule has 1 aromatic carbocycles. The minimum atomic E-state index is -0.0738. The topological polar surface area (TPSA) is 50.4 Å². The molecule has 1 heterocycles. The Morgan fingerprint density at radius 3 is 3.11 bits per heavy atom. The van der Waals surface area contributed by atoms with Gasteiger partial charge in [0.25, 0.3) is 0 Å². The first kappa shape index (κ1) is 13.3. The molecule has 4 nitrogen and oxygen atoms in total. The number of halogens is 1. The standard InChI is InChI=1S/C13H17ClN2O2/c14-10-3-1-4-11(7-10)16-13(17)9-15-8-12-5-2-6-18-12/h1,3-4,7,12,15H,2,5-6,8-9H2,(H,16,17). The van der Waals surface area contributed by atoms with Gasteiger partial charge in [0.2, 0.25) is 5.91 Å². The lowest BCUT2D eigenvalue weighted by Crippen LogP contribution is -2.33. The van der Waals surface area contributed by atoms with Crippen LogP contribution in [-0.2, 0) is 9.53 Å². The minimum absolute atomic E-state index is 0.0738. The molecule has 2 rings (SSSR count). The number of anilines is 1. The molecular formula is C13H17ClN2O2. The number of nitrogens with one attached hydrogen (secondary N) is 2. The van der Waals surface area contributed by atoms with Crippen molar-refractivity contribution in [3.63, 3.8) is 0 Å². The molecule has 1 aliphatic rings. The van der Waals surface area contributed by atoms with E-state index in [-0.39, 0.29) is 18.6 Å². The molecule has 0 radical (unpaired) electrons. The predicted octanol–water partition coefficient (Wildman–Crippen LogP) is 2.05. The molecule has 18 heavy (non-hydrogen) atoms. The second-order valence-electron chi connectivity index (χ2n) is 4.32. The van der Waals surface area contributed by atoms with E-state index in [1.165, 1.54) is 0 Å². The van der Waals surface area contributed by atoms with Gasteiger partial charge in [-0.15, -0.1) is 0 Å². The van der Waals surface area contributed by atoms with E-state index in [1.54, 1.807) is 18.2 Å². The summed E-state index contributed by atoms with van der Waals surface area (Å²) in [5, 5.41) is 6.48. The van der Waals surface area contributed by atoms with Crippen molar-refractivity contribution in [1.82, 2.24) is 5.32 Å². The quantitative estimate of drug-likeness (QED) is 0.859. The second kappa shape index (κ2) is 6.73. The van der Waals surface area contributed by atoms with Crippen LogP contribution in [0.5, 0.6) is 0 Å². The Balaban J connectivity index is 1.68. The number of rotatable bonds is 5. The van der Waals surface area contributed by atoms with E-state index in [0.29, 0.717) is 10.7 Å². The Kier molecular flexibility index (Phi) is 4.99. The zero-order valence-corrected chi connectivity index (χ0v) is 10.9. The smallest absolute Gasteiger partial charge is 0.238 e. The molecule has 0 spiro atoms. The van der Waals surface area contributed by atoms with Crippen LogP contribution in [-0.4, -0.2) is 31.7 Å². The molecule has 1 aromatic rings. The van der Waals surface area contributed by atoms with E-state index in [9.17, 15) is 4.79 Å². The molecule has 2 N–H and O–H groups in total. The number of ether oxygens (including phenoxy) is 1.